The van der Waals surface area contributed by atoms with Gasteiger partial charge in [-0.05, 0) is 24.1 Å². The van der Waals surface area contributed by atoms with Crippen molar-refractivity contribution < 1.29 is 19.0 Å². The van der Waals surface area contributed by atoms with Crippen molar-refractivity contribution in [1.29, 1.82) is 0 Å². The van der Waals surface area contributed by atoms with E-state index in [1.165, 1.54) is 0 Å². The first kappa shape index (κ1) is 11.5. The lowest BCUT2D eigenvalue weighted by atomic mass is 10.1. The molecule has 82 valence electrons. The van der Waals surface area contributed by atoms with Crippen molar-refractivity contribution in [3.63, 3.8) is 0 Å². The van der Waals surface area contributed by atoms with Crippen LogP contribution in [-0.4, -0.2) is 24.0 Å². The summed E-state index contributed by atoms with van der Waals surface area (Å²) in [6, 6.07) is 5.55. The average Bonchev–Trinajstić information content (AvgIpc) is 2.21. The molecule has 0 aromatic heterocycles. The van der Waals surface area contributed by atoms with Crippen LogP contribution in [0, 0.1) is 0 Å². The number of benzene rings is 1. The standard InChI is InChI=1S/C10H12FNO3/c11-6-15-8-3-1-7(2-4-8)5-9(12)10(13)14/h1-4,9H,5-6,12H2,(H,13,14)/t9-/m0/s1. The van der Waals surface area contributed by atoms with Crippen molar-refractivity contribution in [3.8, 4) is 5.75 Å². The van der Waals surface area contributed by atoms with Gasteiger partial charge in [0, 0.05) is 0 Å². The summed E-state index contributed by atoms with van der Waals surface area (Å²) in [4.78, 5) is 10.5. The quantitative estimate of drug-likeness (QED) is 0.763. The number of ether oxygens (including phenoxy) is 1. The second kappa shape index (κ2) is 5.31. The van der Waals surface area contributed by atoms with E-state index in [2.05, 4.69) is 4.74 Å². The normalized spacial score (nSPS) is 12.1. The van der Waals surface area contributed by atoms with Gasteiger partial charge in [0.2, 0.25) is 6.86 Å². The van der Waals surface area contributed by atoms with E-state index in [0.29, 0.717) is 5.75 Å². The predicted octanol–water partition coefficient (Wildman–Crippen LogP) is 0.947. The van der Waals surface area contributed by atoms with Crippen LogP contribution in [0.4, 0.5) is 4.39 Å². The molecular formula is C10H12FNO3. The minimum Gasteiger partial charge on any atom is -0.480 e. The molecule has 1 aromatic carbocycles. The van der Waals surface area contributed by atoms with Gasteiger partial charge in [-0.25, -0.2) is 4.39 Å². The maximum atomic E-state index is 11.8. The van der Waals surface area contributed by atoms with Gasteiger partial charge in [-0.3, -0.25) is 4.79 Å². The number of rotatable bonds is 5. The molecule has 3 N–H and O–H groups in total. The van der Waals surface area contributed by atoms with Crippen LogP contribution in [-0.2, 0) is 11.2 Å². The fourth-order valence-electron chi connectivity index (χ4n) is 1.13. The summed E-state index contributed by atoms with van der Waals surface area (Å²) in [5.41, 5.74) is 6.13. The first-order valence-corrected chi connectivity index (χ1v) is 4.39. The van der Waals surface area contributed by atoms with Crippen LogP contribution in [0.1, 0.15) is 5.56 Å². The molecule has 0 saturated carbocycles. The highest BCUT2D eigenvalue weighted by Gasteiger charge is 2.11. The number of hydrogen-bond donors (Lipinski definition) is 2. The molecular weight excluding hydrogens is 201 g/mol. The second-order valence-corrected chi connectivity index (χ2v) is 3.05. The van der Waals surface area contributed by atoms with Gasteiger partial charge in [-0.1, -0.05) is 12.1 Å². The van der Waals surface area contributed by atoms with E-state index in [1.807, 2.05) is 0 Å². The largest absolute Gasteiger partial charge is 0.480 e. The third kappa shape index (κ3) is 3.55. The van der Waals surface area contributed by atoms with Gasteiger partial charge >= 0.3 is 5.97 Å². The Bertz CT molecular complexity index is 326. The zero-order chi connectivity index (χ0) is 11.3. The number of alkyl halides is 1. The van der Waals surface area contributed by atoms with Crippen molar-refractivity contribution in [2.24, 2.45) is 5.73 Å². The van der Waals surface area contributed by atoms with E-state index in [1.54, 1.807) is 24.3 Å². The molecule has 15 heavy (non-hydrogen) atoms. The molecule has 1 aromatic rings. The van der Waals surface area contributed by atoms with Crippen LogP contribution in [0.2, 0.25) is 0 Å². The molecule has 5 heteroatoms. The zero-order valence-electron chi connectivity index (χ0n) is 8.02. The second-order valence-electron chi connectivity index (χ2n) is 3.05. The Morgan fingerprint density at radius 1 is 1.47 bits per heavy atom. The summed E-state index contributed by atoms with van der Waals surface area (Å²) in [5, 5.41) is 8.58. The van der Waals surface area contributed by atoms with E-state index in [4.69, 9.17) is 10.8 Å². The number of carboxylic acid groups (broad SMARTS) is 1. The Balaban J connectivity index is 2.60. The summed E-state index contributed by atoms with van der Waals surface area (Å²) < 4.78 is 16.4. The first-order valence-electron chi connectivity index (χ1n) is 4.39. The lowest BCUT2D eigenvalue weighted by Gasteiger charge is -2.07. The highest BCUT2D eigenvalue weighted by atomic mass is 19.1. The Morgan fingerprint density at radius 2 is 2.07 bits per heavy atom. The van der Waals surface area contributed by atoms with Crippen molar-refractivity contribution in [2.45, 2.75) is 12.5 Å². The Morgan fingerprint density at radius 3 is 2.53 bits per heavy atom. The van der Waals surface area contributed by atoms with Crippen LogP contribution < -0.4 is 10.5 Å². The zero-order valence-corrected chi connectivity index (χ0v) is 8.02. The number of hydrogen-bond acceptors (Lipinski definition) is 3. The molecule has 1 rings (SSSR count). The number of halogens is 1. The summed E-state index contributed by atoms with van der Waals surface area (Å²) in [5.74, 6) is -0.635. The Hall–Kier alpha value is -1.62. The van der Waals surface area contributed by atoms with E-state index < -0.39 is 18.9 Å². The molecule has 0 heterocycles. The van der Waals surface area contributed by atoms with Crippen molar-refractivity contribution in [2.75, 3.05) is 6.86 Å². The minimum atomic E-state index is -1.04. The molecule has 1 atom stereocenters. The molecule has 0 amide bonds. The number of aliphatic carboxylic acids is 1. The lowest BCUT2D eigenvalue weighted by Crippen LogP contribution is -2.32. The first-order chi connectivity index (χ1) is 7.13. The molecule has 0 radical (unpaired) electrons. The maximum Gasteiger partial charge on any atom is 0.320 e. The number of carboxylic acids is 1. The topological polar surface area (TPSA) is 72.5 Å². The molecule has 0 unspecified atom stereocenters. The molecule has 0 fully saturated rings. The third-order valence-corrected chi connectivity index (χ3v) is 1.92. The fraction of sp³-hybridized carbons (Fsp3) is 0.300. The highest BCUT2D eigenvalue weighted by Crippen LogP contribution is 2.13. The summed E-state index contributed by atoms with van der Waals surface area (Å²) >= 11 is 0. The number of carbonyl (C=O) groups is 1. The molecule has 0 saturated heterocycles. The Labute approximate surface area is 86.5 Å². The van der Waals surface area contributed by atoms with Gasteiger partial charge in [-0.2, -0.15) is 0 Å². The van der Waals surface area contributed by atoms with E-state index in [9.17, 15) is 9.18 Å². The van der Waals surface area contributed by atoms with Crippen molar-refractivity contribution in [1.82, 2.24) is 0 Å². The molecule has 0 spiro atoms. The van der Waals surface area contributed by atoms with Gasteiger partial charge in [0.05, 0.1) is 0 Å². The predicted molar refractivity (Wildman–Crippen MR) is 52.4 cm³/mol. The fourth-order valence-corrected chi connectivity index (χ4v) is 1.13. The van der Waals surface area contributed by atoms with Crippen LogP contribution in [0.25, 0.3) is 0 Å². The van der Waals surface area contributed by atoms with Gasteiger partial charge < -0.3 is 15.6 Å². The molecule has 0 aliphatic rings. The molecule has 0 bridgehead atoms. The summed E-state index contributed by atoms with van der Waals surface area (Å²) in [7, 11) is 0. The van der Waals surface area contributed by atoms with E-state index in [0.717, 1.165) is 5.56 Å². The van der Waals surface area contributed by atoms with Crippen molar-refractivity contribution in [3.05, 3.63) is 29.8 Å². The maximum absolute atomic E-state index is 11.8. The van der Waals surface area contributed by atoms with Gasteiger partial charge in [-0.15, -0.1) is 0 Å². The van der Waals surface area contributed by atoms with Crippen LogP contribution in [0.3, 0.4) is 0 Å². The van der Waals surface area contributed by atoms with E-state index >= 15 is 0 Å². The van der Waals surface area contributed by atoms with Crippen LogP contribution >= 0.6 is 0 Å². The minimum absolute atomic E-state index is 0.241. The molecule has 0 aliphatic heterocycles. The van der Waals surface area contributed by atoms with Gasteiger partial charge in [0.15, 0.2) is 0 Å². The number of nitrogens with two attached hydrogens (primary N) is 1. The Kier molecular flexibility index (Phi) is 4.05. The van der Waals surface area contributed by atoms with Crippen molar-refractivity contribution >= 4 is 5.97 Å². The SMILES string of the molecule is N[C@@H](Cc1ccc(OCF)cc1)C(=O)O. The summed E-state index contributed by atoms with van der Waals surface area (Å²) in [6.07, 6.45) is 0.241. The molecule has 4 nitrogen and oxygen atoms in total. The summed E-state index contributed by atoms with van der Waals surface area (Å²) in [6.45, 7) is -0.881. The smallest absolute Gasteiger partial charge is 0.320 e. The monoisotopic (exact) mass is 213 g/mol. The van der Waals surface area contributed by atoms with Crippen LogP contribution in [0.5, 0.6) is 5.75 Å². The molecule has 0 aliphatic carbocycles. The van der Waals surface area contributed by atoms with Gasteiger partial charge in [0.25, 0.3) is 0 Å². The van der Waals surface area contributed by atoms with E-state index in [-0.39, 0.29) is 6.42 Å². The lowest BCUT2D eigenvalue weighted by molar-refractivity contribution is -0.138. The van der Waals surface area contributed by atoms with Crippen LogP contribution in [0.15, 0.2) is 24.3 Å². The average molecular weight is 213 g/mol. The van der Waals surface area contributed by atoms with Gasteiger partial charge in [0.1, 0.15) is 11.8 Å². The third-order valence-electron chi connectivity index (χ3n) is 1.92. The highest BCUT2D eigenvalue weighted by molar-refractivity contribution is 5.73.